The van der Waals surface area contributed by atoms with Crippen LogP contribution in [0.1, 0.15) is 33.1 Å². The van der Waals surface area contributed by atoms with Gasteiger partial charge in [0.1, 0.15) is 12.1 Å². The molecule has 0 aliphatic carbocycles. The summed E-state index contributed by atoms with van der Waals surface area (Å²) in [6, 6.07) is 0. The fourth-order valence-electron chi connectivity index (χ4n) is 2.58. The van der Waals surface area contributed by atoms with Crippen molar-refractivity contribution < 1.29 is 27.5 Å². The second-order valence-electron chi connectivity index (χ2n) is 4.99. The van der Waals surface area contributed by atoms with Gasteiger partial charge in [0, 0.05) is 13.2 Å². The van der Waals surface area contributed by atoms with Crippen LogP contribution in [0.3, 0.4) is 0 Å². The lowest BCUT2D eigenvalue weighted by atomic mass is 9.87. The average Bonchev–Trinajstić information content (AvgIpc) is 2.41. The maximum Gasteiger partial charge on any atom is 0.411 e. The van der Waals surface area contributed by atoms with Crippen molar-refractivity contribution in [1.82, 2.24) is 10.2 Å². The lowest BCUT2D eigenvalue weighted by Gasteiger charge is -2.45. The van der Waals surface area contributed by atoms with Crippen LogP contribution in [-0.4, -0.2) is 54.7 Å². The molecule has 0 unspecified atom stereocenters. The molecule has 0 aromatic heterocycles. The number of hydrogen-bond donors (Lipinski definition) is 1. The maximum absolute atomic E-state index is 12.1. The Morgan fingerprint density at radius 1 is 1.29 bits per heavy atom. The third-order valence-electron chi connectivity index (χ3n) is 3.75. The largest absolute Gasteiger partial charge is 0.411 e. The zero-order valence-corrected chi connectivity index (χ0v) is 12.3. The highest BCUT2D eigenvalue weighted by Crippen LogP contribution is 2.27. The predicted octanol–water partition coefficient (Wildman–Crippen LogP) is 1.47. The number of carbonyl (C=O) groups is 2. The lowest BCUT2D eigenvalue weighted by molar-refractivity contribution is -0.174. The van der Waals surface area contributed by atoms with Gasteiger partial charge in [-0.2, -0.15) is 13.2 Å². The van der Waals surface area contributed by atoms with Crippen molar-refractivity contribution in [3.8, 4) is 0 Å². The second kappa shape index (κ2) is 7.11. The van der Waals surface area contributed by atoms with Crippen LogP contribution in [0.25, 0.3) is 0 Å². The van der Waals surface area contributed by atoms with Gasteiger partial charge < -0.3 is 15.0 Å². The first-order valence-electron chi connectivity index (χ1n) is 7.00. The molecule has 122 valence electrons. The minimum Gasteiger partial charge on any atom is -0.372 e. The molecule has 1 heterocycles. The molecule has 5 nitrogen and oxygen atoms in total. The molecule has 1 saturated heterocycles. The van der Waals surface area contributed by atoms with Crippen LogP contribution in [0.2, 0.25) is 0 Å². The van der Waals surface area contributed by atoms with Crippen molar-refractivity contribution in [3.63, 3.8) is 0 Å². The molecule has 1 fully saturated rings. The van der Waals surface area contributed by atoms with E-state index in [1.165, 1.54) is 4.90 Å². The quantitative estimate of drug-likeness (QED) is 0.725. The zero-order valence-electron chi connectivity index (χ0n) is 12.3. The summed E-state index contributed by atoms with van der Waals surface area (Å²) < 4.78 is 40.3. The van der Waals surface area contributed by atoms with Gasteiger partial charge in [0.25, 0.3) is 0 Å². The number of nitrogens with zero attached hydrogens (tertiary/aromatic N) is 1. The minimum atomic E-state index is -4.35. The Hall–Kier alpha value is -1.31. The molecule has 8 heteroatoms. The van der Waals surface area contributed by atoms with E-state index in [9.17, 15) is 22.8 Å². The van der Waals surface area contributed by atoms with E-state index >= 15 is 0 Å². The summed E-state index contributed by atoms with van der Waals surface area (Å²) in [5.41, 5.74) is -0.903. The Morgan fingerprint density at radius 2 is 1.90 bits per heavy atom. The average molecular weight is 310 g/mol. The first-order chi connectivity index (χ1) is 9.77. The third-order valence-corrected chi connectivity index (χ3v) is 3.75. The fourth-order valence-corrected chi connectivity index (χ4v) is 2.58. The molecule has 1 aliphatic rings. The smallest absolute Gasteiger partial charge is 0.372 e. The van der Waals surface area contributed by atoms with Crippen molar-refractivity contribution >= 4 is 11.8 Å². The first-order valence-corrected chi connectivity index (χ1v) is 7.00. The van der Waals surface area contributed by atoms with Crippen LogP contribution in [0.5, 0.6) is 0 Å². The maximum atomic E-state index is 12.1. The molecule has 0 aromatic rings. The molecule has 0 saturated carbocycles. The van der Waals surface area contributed by atoms with E-state index in [1.807, 2.05) is 13.8 Å². The molecular weight excluding hydrogens is 289 g/mol. The summed E-state index contributed by atoms with van der Waals surface area (Å²) in [6.07, 6.45) is -3.16. The number of halogens is 3. The van der Waals surface area contributed by atoms with E-state index in [4.69, 9.17) is 0 Å². The molecule has 1 aliphatic heterocycles. The molecule has 0 spiro atoms. The number of hydrogen-bond acceptors (Lipinski definition) is 3. The Bertz CT molecular complexity index is 381. The van der Waals surface area contributed by atoms with E-state index in [1.54, 1.807) is 0 Å². The summed E-state index contributed by atoms with van der Waals surface area (Å²) in [6.45, 7) is 2.38. The SMILES string of the molecule is CCC1(CC)C(=O)NCC(=O)N1CCCOCC(F)(F)F. The van der Waals surface area contributed by atoms with Gasteiger partial charge in [0.05, 0.1) is 6.54 Å². The van der Waals surface area contributed by atoms with Crippen molar-refractivity contribution in [2.45, 2.75) is 44.8 Å². The highest BCUT2D eigenvalue weighted by molar-refractivity contribution is 5.97. The van der Waals surface area contributed by atoms with Crippen LogP contribution in [0, 0.1) is 0 Å². The van der Waals surface area contributed by atoms with Crippen molar-refractivity contribution in [3.05, 3.63) is 0 Å². The molecule has 1 N–H and O–H groups in total. The number of ether oxygens (including phenoxy) is 1. The van der Waals surface area contributed by atoms with E-state index < -0.39 is 18.3 Å². The van der Waals surface area contributed by atoms with Gasteiger partial charge >= 0.3 is 6.18 Å². The number of nitrogens with one attached hydrogen (secondary N) is 1. The van der Waals surface area contributed by atoms with Gasteiger partial charge in [-0.15, -0.1) is 0 Å². The molecule has 2 amide bonds. The zero-order chi connectivity index (χ0) is 16.1. The molecule has 21 heavy (non-hydrogen) atoms. The number of rotatable bonds is 7. The summed E-state index contributed by atoms with van der Waals surface area (Å²) >= 11 is 0. The Morgan fingerprint density at radius 3 is 2.43 bits per heavy atom. The highest BCUT2D eigenvalue weighted by atomic mass is 19.4. The van der Waals surface area contributed by atoms with Crippen LogP contribution in [-0.2, 0) is 14.3 Å². The van der Waals surface area contributed by atoms with Crippen LogP contribution in [0.4, 0.5) is 13.2 Å². The van der Waals surface area contributed by atoms with Gasteiger partial charge in [-0.05, 0) is 19.3 Å². The van der Waals surface area contributed by atoms with Crippen LogP contribution < -0.4 is 5.32 Å². The van der Waals surface area contributed by atoms with E-state index in [2.05, 4.69) is 10.1 Å². The number of amides is 2. The molecular formula is C13H21F3N2O3. The second-order valence-corrected chi connectivity index (χ2v) is 4.99. The Kier molecular flexibility index (Phi) is 6.00. The molecule has 0 bridgehead atoms. The van der Waals surface area contributed by atoms with Crippen molar-refractivity contribution in [1.29, 1.82) is 0 Å². The number of alkyl halides is 3. The normalized spacial score (nSPS) is 18.8. The van der Waals surface area contributed by atoms with Gasteiger partial charge in [-0.1, -0.05) is 13.8 Å². The molecule has 0 atom stereocenters. The number of carbonyl (C=O) groups excluding carboxylic acids is 2. The summed E-state index contributed by atoms with van der Waals surface area (Å²) in [5, 5.41) is 2.57. The van der Waals surface area contributed by atoms with E-state index in [0.717, 1.165) is 0 Å². The van der Waals surface area contributed by atoms with Crippen molar-refractivity contribution in [2.24, 2.45) is 0 Å². The summed E-state index contributed by atoms with van der Waals surface area (Å²) in [7, 11) is 0. The van der Waals surface area contributed by atoms with Crippen LogP contribution >= 0.6 is 0 Å². The Balaban J connectivity index is 2.57. The molecule has 0 radical (unpaired) electrons. The first kappa shape index (κ1) is 17.7. The van der Waals surface area contributed by atoms with Crippen LogP contribution in [0.15, 0.2) is 0 Å². The number of piperazine rings is 1. The Labute approximate surface area is 121 Å². The lowest BCUT2D eigenvalue weighted by Crippen LogP contribution is -2.66. The highest BCUT2D eigenvalue weighted by Gasteiger charge is 2.46. The van der Waals surface area contributed by atoms with Gasteiger partial charge in [-0.3, -0.25) is 9.59 Å². The summed E-state index contributed by atoms with van der Waals surface area (Å²) in [5.74, 6) is -0.419. The van der Waals surface area contributed by atoms with Crippen molar-refractivity contribution in [2.75, 3.05) is 26.3 Å². The third kappa shape index (κ3) is 4.33. The van der Waals surface area contributed by atoms with E-state index in [0.29, 0.717) is 12.8 Å². The summed E-state index contributed by atoms with van der Waals surface area (Å²) in [4.78, 5) is 25.5. The predicted molar refractivity (Wildman–Crippen MR) is 69.5 cm³/mol. The minimum absolute atomic E-state index is 0.0655. The van der Waals surface area contributed by atoms with E-state index in [-0.39, 0.29) is 37.9 Å². The standard InChI is InChI=1S/C13H21F3N2O3/c1-3-12(4-2)11(20)17-8-10(19)18(12)6-5-7-21-9-13(14,15)16/h3-9H2,1-2H3,(H,17,20). The van der Waals surface area contributed by atoms with Gasteiger partial charge in [0.15, 0.2) is 0 Å². The van der Waals surface area contributed by atoms with Gasteiger partial charge in [0.2, 0.25) is 11.8 Å². The fraction of sp³-hybridized carbons (Fsp3) is 0.846. The molecule has 1 rings (SSSR count). The monoisotopic (exact) mass is 310 g/mol. The molecule has 0 aromatic carbocycles. The van der Waals surface area contributed by atoms with Gasteiger partial charge in [-0.25, -0.2) is 0 Å². The topological polar surface area (TPSA) is 58.6 Å².